The molecule has 2 aromatic rings. The van der Waals surface area contributed by atoms with E-state index in [1.54, 1.807) is 4.90 Å². The average molecular weight is 548 g/mol. The number of thioether (sulfide) groups is 1. The molecular weight excluding hydrogens is 527 g/mol. The fourth-order valence-electron chi connectivity index (χ4n) is 2.91. The number of halogens is 1. The van der Waals surface area contributed by atoms with E-state index >= 15 is 0 Å². The second-order valence-corrected chi connectivity index (χ2v) is 9.71. The molecule has 2 amide bonds. The number of allylic oxidation sites excluding steroid dienone is 2. The summed E-state index contributed by atoms with van der Waals surface area (Å²) in [6, 6.07) is 17.6. The van der Waals surface area contributed by atoms with Gasteiger partial charge in [0, 0.05) is 22.2 Å². The maximum atomic E-state index is 12.7. The van der Waals surface area contributed by atoms with Crippen LogP contribution in [0.5, 0.6) is 0 Å². The molecule has 0 aliphatic carbocycles. The van der Waals surface area contributed by atoms with Crippen molar-refractivity contribution in [3.63, 3.8) is 0 Å². The smallest absolute Gasteiger partial charge is 0.266 e. The number of thiocarbonyl (C=S) groups is 1. The van der Waals surface area contributed by atoms with Crippen molar-refractivity contribution in [3.8, 4) is 0 Å². The molecule has 1 fully saturated rings. The van der Waals surface area contributed by atoms with Crippen LogP contribution in [-0.4, -0.2) is 27.6 Å². The van der Waals surface area contributed by atoms with E-state index in [4.69, 9.17) is 12.2 Å². The van der Waals surface area contributed by atoms with Crippen LogP contribution >= 0.6 is 46.6 Å². The first-order valence-electron chi connectivity index (χ1n) is 9.46. The van der Waals surface area contributed by atoms with Gasteiger partial charge in [-0.25, -0.2) is 0 Å². The first kappa shape index (κ1) is 22.7. The first-order valence-corrected chi connectivity index (χ1v) is 11.8. The molecule has 154 valence electrons. The van der Waals surface area contributed by atoms with Crippen LogP contribution in [0.4, 0.5) is 5.69 Å². The molecule has 30 heavy (non-hydrogen) atoms. The van der Waals surface area contributed by atoms with Gasteiger partial charge in [0.2, 0.25) is 5.91 Å². The predicted octanol–water partition coefficient (Wildman–Crippen LogP) is 5.86. The Hall–Kier alpha value is -1.97. The van der Waals surface area contributed by atoms with Crippen LogP contribution in [-0.2, 0) is 9.59 Å². The number of nitrogens with one attached hydrogen (secondary N) is 1. The molecule has 1 saturated heterocycles. The SMILES string of the molecule is CC(/C=C1\SC(=S)N(CCCC(=O)Nc2ccc(I)cc2)C1=O)=C\c1ccccc1. The minimum Gasteiger partial charge on any atom is -0.326 e. The Kier molecular flexibility index (Phi) is 8.24. The molecule has 0 aromatic heterocycles. The summed E-state index contributed by atoms with van der Waals surface area (Å²) < 4.78 is 1.65. The molecule has 2 aromatic carbocycles. The summed E-state index contributed by atoms with van der Waals surface area (Å²) >= 11 is 8.91. The van der Waals surface area contributed by atoms with Crippen LogP contribution in [0, 0.1) is 3.57 Å². The summed E-state index contributed by atoms with van der Waals surface area (Å²) in [7, 11) is 0. The second kappa shape index (κ2) is 10.9. The van der Waals surface area contributed by atoms with E-state index in [-0.39, 0.29) is 11.8 Å². The van der Waals surface area contributed by atoms with Crippen LogP contribution < -0.4 is 5.32 Å². The van der Waals surface area contributed by atoms with Crippen LogP contribution in [0.1, 0.15) is 25.3 Å². The number of rotatable bonds is 7. The van der Waals surface area contributed by atoms with Gasteiger partial charge in [-0.05, 0) is 77.4 Å². The molecule has 0 radical (unpaired) electrons. The Labute approximate surface area is 199 Å². The number of hydrogen-bond donors (Lipinski definition) is 1. The maximum absolute atomic E-state index is 12.7. The third-order valence-corrected chi connectivity index (χ3v) is 6.44. The van der Waals surface area contributed by atoms with Crippen molar-refractivity contribution in [3.05, 3.63) is 80.3 Å². The molecule has 3 rings (SSSR count). The van der Waals surface area contributed by atoms with Gasteiger partial charge in [0.05, 0.1) is 4.91 Å². The lowest BCUT2D eigenvalue weighted by Gasteiger charge is -2.14. The lowest BCUT2D eigenvalue weighted by Crippen LogP contribution is -2.29. The monoisotopic (exact) mass is 548 g/mol. The molecule has 0 bridgehead atoms. The van der Waals surface area contributed by atoms with Gasteiger partial charge in [0.15, 0.2) is 0 Å². The molecule has 4 nitrogen and oxygen atoms in total. The van der Waals surface area contributed by atoms with E-state index in [9.17, 15) is 9.59 Å². The van der Waals surface area contributed by atoms with E-state index in [0.29, 0.717) is 28.6 Å². The van der Waals surface area contributed by atoms with Crippen molar-refractivity contribution in [2.24, 2.45) is 0 Å². The average Bonchev–Trinajstić information content (AvgIpc) is 2.97. The summed E-state index contributed by atoms with van der Waals surface area (Å²) in [6.45, 7) is 2.40. The summed E-state index contributed by atoms with van der Waals surface area (Å²) in [5, 5.41) is 2.87. The van der Waals surface area contributed by atoms with Gasteiger partial charge in [-0.3, -0.25) is 14.5 Å². The fourth-order valence-corrected chi connectivity index (χ4v) is 4.63. The largest absolute Gasteiger partial charge is 0.326 e. The lowest BCUT2D eigenvalue weighted by molar-refractivity contribution is -0.122. The lowest BCUT2D eigenvalue weighted by atomic mass is 10.1. The third-order valence-electron chi connectivity index (χ3n) is 4.34. The Bertz CT molecular complexity index is 1000. The molecule has 1 heterocycles. The number of anilines is 1. The van der Waals surface area contributed by atoms with E-state index < -0.39 is 0 Å². The number of carbonyl (C=O) groups is 2. The quantitative estimate of drug-likeness (QED) is 0.268. The van der Waals surface area contributed by atoms with E-state index in [0.717, 1.165) is 20.4 Å². The molecular formula is C23H21IN2O2S2. The van der Waals surface area contributed by atoms with Crippen LogP contribution in [0.25, 0.3) is 6.08 Å². The molecule has 1 aliphatic heterocycles. The molecule has 7 heteroatoms. The molecule has 0 spiro atoms. The number of amides is 2. The number of hydrogen-bond acceptors (Lipinski definition) is 4. The van der Waals surface area contributed by atoms with Crippen LogP contribution in [0.3, 0.4) is 0 Å². The van der Waals surface area contributed by atoms with Gasteiger partial charge in [0.25, 0.3) is 5.91 Å². The standard InChI is InChI=1S/C23H21IN2O2S2/c1-16(14-17-6-3-2-4-7-17)15-20-22(28)26(23(29)30-20)13-5-8-21(27)25-19-11-9-18(24)10-12-19/h2-4,6-7,9-12,14-15H,5,8,13H2,1H3,(H,25,27)/b16-14+,20-15-. The Morgan fingerprint density at radius 1 is 1.17 bits per heavy atom. The van der Waals surface area contributed by atoms with Gasteiger partial charge in [-0.1, -0.05) is 60.4 Å². The highest BCUT2D eigenvalue weighted by molar-refractivity contribution is 14.1. The molecule has 1 aliphatic rings. The highest BCUT2D eigenvalue weighted by atomic mass is 127. The normalized spacial score (nSPS) is 15.7. The molecule has 0 unspecified atom stereocenters. The Morgan fingerprint density at radius 2 is 1.87 bits per heavy atom. The van der Waals surface area contributed by atoms with Crippen LogP contribution in [0.15, 0.2) is 71.2 Å². The second-order valence-electron chi connectivity index (χ2n) is 6.79. The molecule has 0 saturated carbocycles. The van der Waals surface area contributed by atoms with Gasteiger partial charge in [-0.2, -0.15) is 0 Å². The van der Waals surface area contributed by atoms with Gasteiger partial charge in [-0.15, -0.1) is 0 Å². The van der Waals surface area contributed by atoms with Crippen molar-refractivity contribution in [2.75, 3.05) is 11.9 Å². The fraction of sp³-hybridized carbons (Fsp3) is 0.174. The third kappa shape index (κ3) is 6.52. The van der Waals surface area contributed by atoms with Crippen molar-refractivity contribution in [2.45, 2.75) is 19.8 Å². The topological polar surface area (TPSA) is 49.4 Å². The highest BCUT2D eigenvalue weighted by Crippen LogP contribution is 2.32. The highest BCUT2D eigenvalue weighted by Gasteiger charge is 2.31. The van der Waals surface area contributed by atoms with Gasteiger partial charge in [0.1, 0.15) is 4.32 Å². The predicted molar refractivity (Wildman–Crippen MR) is 137 cm³/mol. The maximum Gasteiger partial charge on any atom is 0.266 e. The zero-order chi connectivity index (χ0) is 21.5. The van der Waals surface area contributed by atoms with Crippen molar-refractivity contribution >= 4 is 74.5 Å². The van der Waals surface area contributed by atoms with Gasteiger partial charge >= 0.3 is 0 Å². The zero-order valence-electron chi connectivity index (χ0n) is 16.4. The van der Waals surface area contributed by atoms with E-state index in [1.807, 2.05) is 73.7 Å². The Balaban J connectivity index is 1.52. The zero-order valence-corrected chi connectivity index (χ0v) is 20.2. The van der Waals surface area contributed by atoms with E-state index in [1.165, 1.54) is 11.8 Å². The molecule has 1 N–H and O–H groups in total. The summed E-state index contributed by atoms with van der Waals surface area (Å²) in [5.74, 6) is -0.164. The van der Waals surface area contributed by atoms with Crippen LogP contribution in [0.2, 0.25) is 0 Å². The summed E-state index contributed by atoms with van der Waals surface area (Å²) in [5.41, 5.74) is 2.84. The van der Waals surface area contributed by atoms with E-state index in [2.05, 4.69) is 27.9 Å². The first-order chi connectivity index (χ1) is 14.4. The summed E-state index contributed by atoms with van der Waals surface area (Å²) in [4.78, 5) is 27.1. The van der Waals surface area contributed by atoms with Gasteiger partial charge < -0.3 is 5.32 Å². The minimum atomic E-state index is -0.0937. The molecule has 0 atom stereocenters. The number of nitrogens with zero attached hydrogens (tertiary/aromatic N) is 1. The summed E-state index contributed by atoms with van der Waals surface area (Å²) in [6.07, 6.45) is 4.78. The minimum absolute atomic E-state index is 0.0705. The Morgan fingerprint density at radius 3 is 2.57 bits per heavy atom. The number of carbonyl (C=O) groups excluding carboxylic acids is 2. The van der Waals surface area contributed by atoms with Crippen molar-refractivity contribution < 1.29 is 9.59 Å². The number of benzene rings is 2. The van der Waals surface area contributed by atoms with Crippen molar-refractivity contribution in [1.82, 2.24) is 4.90 Å². The van der Waals surface area contributed by atoms with Crippen molar-refractivity contribution in [1.29, 1.82) is 0 Å².